The lowest BCUT2D eigenvalue weighted by atomic mass is 9.33. The topological polar surface area (TPSA) is 29.5 Å². The van der Waals surface area contributed by atoms with E-state index in [0.717, 1.165) is 134 Å². The largest absolute Gasteiger partial charge is 0.456 e. The van der Waals surface area contributed by atoms with Crippen molar-refractivity contribution in [3.05, 3.63) is 322 Å². The number of fused-ring (bicyclic) bond motifs is 14. The Hall–Kier alpha value is -11.9. The lowest BCUT2D eigenvalue weighted by molar-refractivity contribution is 0.669. The normalized spacial score (nSPS) is 12.6. The van der Waals surface area contributed by atoms with Crippen LogP contribution in [0, 0.1) is 0 Å². The Labute approximate surface area is 520 Å². The van der Waals surface area contributed by atoms with Crippen LogP contribution >= 0.6 is 0 Å². The molecular formula is C84H53BN4O. The molecule has 17 aromatic rings. The third-order valence-electron chi connectivity index (χ3n) is 19.0. The maximum atomic E-state index is 7.38. The number of nitrogens with zero attached hydrogens (tertiary/aromatic N) is 4. The van der Waals surface area contributed by atoms with Gasteiger partial charge >= 0.3 is 0 Å². The molecule has 0 unspecified atom stereocenters. The second-order valence-electron chi connectivity index (χ2n) is 23.9. The summed E-state index contributed by atoms with van der Waals surface area (Å²) in [7, 11) is 0. The van der Waals surface area contributed by atoms with Gasteiger partial charge in [0.1, 0.15) is 11.2 Å². The van der Waals surface area contributed by atoms with E-state index in [9.17, 15) is 0 Å². The molecule has 0 amide bonds. The fourth-order valence-electron chi connectivity index (χ4n) is 15.2. The van der Waals surface area contributed by atoms with Gasteiger partial charge in [-0.2, -0.15) is 0 Å². The van der Waals surface area contributed by atoms with Crippen LogP contribution in [-0.2, 0) is 0 Å². The molecule has 2 aliphatic heterocycles. The zero-order valence-electron chi connectivity index (χ0n) is 48.9. The summed E-state index contributed by atoms with van der Waals surface area (Å²) in [4.78, 5) is 5.26. The van der Waals surface area contributed by atoms with E-state index in [-0.39, 0.29) is 6.71 Å². The van der Waals surface area contributed by atoms with E-state index in [1.807, 2.05) is 0 Å². The second-order valence-corrected chi connectivity index (χ2v) is 23.9. The molecule has 0 saturated heterocycles. The van der Waals surface area contributed by atoms with Gasteiger partial charge < -0.3 is 23.4 Å². The molecule has 14 aromatic carbocycles. The van der Waals surface area contributed by atoms with E-state index in [1.54, 1.807) is 0 Å². The summed E-state index contributed by atoms with van der Waals surface area (Å²) in [6, 6.07) is 119. The highest BCUT2D eigenvalue weighted by molar-refractivity contribution is 7.01. The first-order valence-electron chi connectivity index (χ1n) is 31.0. The zero-order chi connectivity index (χ0) is 59.0. The monoisotopic (exact) mass is 1140 g/mol. The average Bonchev–Trinajstić information content (AvgIpc) is 1.29. The minimum atomic E-state index is -0.307. The number of hydrogen-bond donors (Lipinski definition) is 0. The lowest BCUT2D eigenvalue weighted by Crippen LogP contribution is -2.61. The number of furan rings is 1. The number of anilines is 6. The van der Waals surface area contributed by atoms with E-state index in [4.69, 9.17) is 4.42 Å². The first kappa shape index (κ1) is 50.3. The van der Waals surface area contributed by atoms with Crippen molar-refractivity contribution in [3.8, 4) is 55.9 Å². The summed E-state index contributed by atoms with van der Waals surface area (Å²) in [6.45, 7) is -0.307. The van der Waals surface area contributed by atoms with Crippen LogP contribution in [0.1, 0.15) is 0 Å². The molecule has 19 rings (SSSR count). The molecule has 0 bridgehead atoms. The molecule has 6 heteroatoms. The van der Waals surface area contributed by atoms with Crippen molar-refractivity contribution >= 4 is 123 Å². The van der Waals surface area contributed by atoms with Crippen molar-refractivity contribution in [1.82, 2.24) is 9.13 Å². The highest BCUT2D eigenvalue weighted by atomic mass is 16.3. The highest BCUT2D eigenvalue weighted by Crippen LogP contribution is 2.55. The first-order chi connectivity index (χ1) is 44.7. The number of rotatable bonds is 8. The molecular weight excluding hydrogens is 1090 g/mol. The summed E-state index contributed by atoms with van der Waals surface area (Å²) >= 11 is 0. The Bertz CT molecular complexity index is 5660. The Morgan fingerprint density at radius 1 is 0.256 bits per heavy atom. The number of hydrogen-bond acceptors (Lipinski definition) is 3. The Kier molecular flexibility index (Phi) is 11.1. The van der Waals surface area contributed by atoms with E-state index in [2.05, 4.69) is 340 Å². The number of benzene rings is 14. The molecule has 0 spiro atoms. The van der Waals surface area contributed by atoms with E-state index in [1.165, 1.54) is 37.9 Å². The van der Waals surface area contributed by atoms with Gasteiger partial charge in [-0.1, -0.05) is 237 Å². The SMILES string of the molecule is c1ccc(-c2ccc(-c3ccccc3)c(N3c4cc5c6ccccc6n(-c6ccccc6)c5cc4B4c5cc6c(cc5N(c5cc(-c7ccccc7)ccc5-c5ccccc5)c5c4c3cc3oc4ccccc4c53)c3ccccc3n6-c3ccccc3)c2)cc1. The number of para-hydroxylation sites is 5. The molecule has 90 heavy (non-hydrogen) atoms. The van der Waals surface area contributed by atoms with Gasteiger partial charge in [-0.15, -0.1) is 0 Å². The van der Waals surface area contributed by atoms with Gasteiger partial charge in [0.2, 0.25) is 0 Å². The zero-order valence-corrected chi connectivity index (χ0v) is 48.9. The van der Waals surface area contributed by atoms with Gasteiger partial charge in [-0.25, -0.2) is 0 Å². The Morgan fingerprint density at radius 2 is 0.667 bits per heavy atom. The van der Waals surface area contributed by atoms with Crippen LogP contribution < -0.4 is 26.2 Å². The minimum absolute atomic E-state index is 0.307. The van der Waals surface area contributed by atoms with Crippen molar-refractivity contribution in [3.63, 3.8) is 0 Å². The van der Waals surface area contributed by atoms with Crippen molar-refractivity contribution in [1.29, 1.82) is 0 Å². The predicted molar refractivity (Wildman–Crippen MR) is 378 cm³/mol. The van der Waals surface area contributed by atoms with Crippen molar-refractivity contribution in [2.45, 2.75) is 0 Å². The summed E-state index contributed by atoms with van der Waals surface area (Å²) in [5.74, 6) is 0. The molecule has 0 aliphatic carbocycles. The van der Waals surface area contributed by atoms with E-state index < -0.39 is 0 Å². The maximum absolute atomic E-state index is 7.38. The summed E-state index contributed by atoms with van der Waals surface area (Å²) in [5, 5.41) is 6.86. The molecule has 3 aromatic heterocycles. The van der Waals surface area contributed by atoms with Gasteiger partial charge in [0.25, 0.3) is 6.71 Å². The minimum Gasteiger partial charge on any atom is -0.456 e. The van der Waals surface area contributed by atoms with Crippen molar-refractivity contribution in [2.75, 3.05) is 9.80 Å². The van der Waals surface area contributed by atoms with Gasteiger partial charge in [-0.3, -0.25) is 0 Å². The third-order valence-corrected chi connectivity index (χ3v) is 19.0. The van der Waals surface area contributed by atoms with Crippen LogP contribution in [0.25, 0.3) is 121 Å². The fourth-order valence-corrected chi connectivity index (χ4v) is 15.2. The lowest BCUT2D eigenvalue weighted by Gasteiger charge is -2.45. The Balaban J connectivity index is 1.04. The molecule has 0 fully saturated rings. The van der Waals surface area contributed by atoms with Gasteiger partial charge in [0.15, 0.2) is 0 Å². The second kappa shape index (κ2) is 19.8. The molecule has 418 valence electrons. The van der Waals surface area contributed by atoms with Crippen molar-refractivity contribution in [2.24, 2.45) is 0 Å². The molecule has 0 saturated carbocycles. The molecule has 0 atom stereocenters. The molecule has 5 heterocycles. The van der Waals surface area contributed by atoms with E-state index >= 15 is 0 Å². The van der Waals surface area contributed by atoms with Gasteiger partial charge in [-0.05, 0) is 129 Å². The van der Waals surface area contributed by atoms with Crippen molar-refractivity contribution < 1.29 is 4.42 Å². The number of aromatic nitrogens is 2. The average molecular weight is 1150 g/mol. The van der Waals surface area contributed by atoms with Crippen LogP contribution in [0.2, 0.25) is 0 Å². The quantitative estimate of drug-likeness (QED) is 0.142. The molecule has 0 radical (unpaired) electrons. The van der Waals surface area contributed by atoms with Crippen LogP contribution in [0.4, 0.5) is 34.1 Å². The van der Waals surface area contributed by atoms with Crippen LogP contribution in [-0.4, -0.2) is 15.8 Å². The smallest absolute Gasteiger partial charge is 0.252 e. The third kappa shape index (κ3) is 7.52. The van der Waals surface area contributed by atoms with Crippen LogP contribution in [0.15, 0.2) is 326 Å². The fraction of sp³-hybridized carbons (Fsp3) is 0. The van der Waals surface area contributed by atoms with Gasteiger partial charge in [0.05, 0.1) is 44.5 Å². The summed E-state index contributed by atoms with van der Waals surface area (Å²) in [5.41, 5.74) is 27.6. The van der Waals surface area contributed by atoms with Crippen LogP contribution in [0.5, 0.6) is 0 Å². The summed E-state index contributed by atoms with van der Waals surface area (Å²) in [6.07, 6.45) is 0. The standard InChI is InChI=1S/C84H53BN4O/c1-7-25-54(26-8-1)58-43-45-62(56-29-11-3-12-30-56)73(47-58)88-77-49-67-64-37-19-22-40-71(64)86(60-33-15-5-16-34-60)75(67)51-69(77)85-70-52-76-68(65-38-20-23-41-72(65)87(76)61-35-17-6-18-36-61)50-78(70)89(84-82-66-39-21-24-42-80(66)90-81(82)53-79(88)83(84)85)74-48-59(55-27-9-2-10-28-55)44-46-63(74)57-31-13-4-14-32-57/h1-53H. The first-order valence-corrected chi connectivity index (χ1v) is 31.0. The molecule has 5 nitrogen and oxygen atoms in total. The van der Waals surface area contributed by atoms with Crippen LogP contribution in [0.3, 0.4) is 0 Å². The maximum Gasteiger partial charge on any atom is 0.252 e. The predicted octanol–water partition coefficient (Wildman–Crippen LogP) is 20.5. The Morgan fingerprint density at radius 3 is 1.17 bits per heavy atom. The molecule has 0 N–H and O–H groups in total. The highest BCUT2D eigenvalue weighted by Gasteiger charge is 2.47. The summed E-state index contributed by atoms with van der Waals surface area (Å²) < 4.78 is 12.3. The van der Waals surface area contributed by atoms with E-state index in [0.29, 0.717) is 0 Å². The molecule has 2 aliphatic rings. The van der Waals surface area contributed by atoms with Gasteiger partial charge in [0, 0.05) is 72.6 Å².